The molecule has 0 aliphatic carbocycles. The summed E-state index contributed by atoms with van der Waals surface area (Å²) in [6.45, 7) is -0.0981. The van der Waals surface area contributed by atoms with Gasteiger partial charge in [-0.15, -0.1) is 0 Å². The van der Waals surface area contributed by atoms with Gasteiger partial charge in [0.05, 0.1) is 11.2 Å². The Morgan fingerprint density at radius 1 is 0.929 bits per heavy atom. The van der Waals surface area contributed by atoms with E-state index in [0.717, 1.165) is 27.1 Å². The molecule has 1 amide bonds. The number of pyridine rings is 1. The number of fused-ring (bicyclic) bond motifs is 2. The minimum absolute atomic E-state index is 0.0981. The first-order valence-electron chi connectivity index (χ1n) is 8.71. The van der Waals surface area contributed by atoms with Crippen LogP contribution in [0.1, 0.15) is 5.56 Å². The van der Waals surface area contributed by atoms with Crippen LogP contribution < -0.4 is 11.0 Å². The largest absolute Gasteiger partial charge is 0.306 e. The molecule has 1 aromatic heterocycles. The van der Waals surface area contributed by atoms with E-state index >= 15 is 0 Å². The van der Waals surface area contributed by atoms with Gasteiger partial charge in [0.25, 0.3) is 11.5 Å². The first-order valence-corrected chi connectivity index (χ1v) is 9.09. The number of halogens is 1. The van der Waals surface area contributed by atoms with Gasteiger partial charge in [0.1, 0.15) is 6.54 Å². The monoisotopic (exact) mass is 389 g/mol. The van der Waals surface area contributed by atoms with Crippen LogP contribution in [0.3, 0.4) is 0 Å². The van der Waals surface area contributed by atoms with Crippen LogP contribution in [-0.2, 0) is 11.3 Å². The summed E-state index contributed by atoms with van der Waals surface area (Å²) in [5, 5.41) is 8.55. The van der Waals surface area contributed by atoms with Gasteiger partial charge in [0.15, 0.2) is 0 Å². The molecule has 0 aliphatic heterocycles. The Morgan fingerprint density at radius 3 is 2.11 bits per heavy atom. The highest BCUT2D eigenvalue weighted by Crippen LogP contribution is 2.35. The van der Waals surface area contributed by atoms with Gasteiger partial charge >= 0.3 is 0 Å². The van der Waals surface area contributed by atoms with E-state index < -0.39 is 0 Å². The van der Waals surface area contributed by atoms with Gasteiger partial charge in [-0.3, -0.25) is 9.59 Å². The maximum Gasteiger partial charge on any atom is 0.260 e. The molecule has 5 nitrogen and oxygen atoms in total. The summed E-state index contributed by atoms with van der Waals surface area (Å²) in [6.07, 6.45) is 3.18. The summed E-state index contributed by atoms with van der Waals surface area (Å²) >= 11 is 6.59. The molecule has 0 fully saturated rings. The maximum atomic E-state index is 12.1. The smallest absolute Gasteiger partial charge is 0.260 e. The van der Waals surface area contributed by atoms with Crippen LogP contribution in [0.2, 0.25) is 5.02 Å². The van der Waals surface area contributed by atoms with Crippen molar-refractivity contribution in [3.8, 4) is 0 Å². The number of hydrogen-bond acceptors (Lipinski definition) is 3. The second kappa shape index (κ2) is 7.66. The Kier molecular flexibility index (Phi) is 4.91. The van der Waals surface area contributed by atoms with Crippen LogP contribution >= 0.6 is 11.6 Å². The van der Waals surface area contributed by atoms with Crippen molar-refractivity contribution in [3.63, 3.8) is 0 Å². The minimum atomic E-state index is -0.382. The quantitative estimate of drug-likeness (QED) is 0.326. The predicted octanol–water partition coefficient (Wildman–Crippen LogP) is 3.96. The van der Waals surface area contributed by atoms with Gasteiger partial charge in [-0.05, 0) is 16.8 Å². The molecular weight excluding hydrogens is 374 g/mol. The first-order chi connectivity index (χ1) is 13.6. The number of carbonyl (C=O) groups is 1. The molecule has 0 atom stereocenters. The Hall–Kier alpha value is -3.44. The van der Waals surface area contributed by atoms with Crippen molar-refractivity contribution in [2.24, 2.45) is 5.10 Å². The molecule has 6 heteroatoms. The van der Waals surface area contributed by atoms with Crippen molar-refractivity contribution in [2.45, 2.75) is 6.54 Å². The van der Waals surface area contributed by atoms with E-state index in [4.69, 9.17) is 11.6 Å². The zero-order valence-electron chi connectivity index (χ0n) is 14.8. The summed E-state index contributed by atoms with van der Waals surface area (Å²) in [5.74, 6) is -0.382. The van der Waals surface area contributed by atoms with Crippen LogP contribution in [0, 0.1) is 0 Å². The van der Waals surface area contributed by atoms with Crippen molar-refractivity contribution in [2.75, 3.05) is 0 Å². The van der Waals surface area contributed by atoms with Crippen LogP contribution in [0.15, 0.2) is 82.8 Å². The fourth-order valence-electron chi connectivity index (χ4n) is 3.20. The average Bonchev–Trinajstić information content (AvgIpc) is 2.72. The topological polar surface area (TPSA) is 63.5 Å². The van der Waals surface area contributed by atoms with E-state index in [1.54, 1.807) is 24.5 Å². The summed E-state index contributed by atoms with van der Waals surface area (Å²) in [4.78, 5) is 23.8. The van der Waals surface area contributed by atoms with Crippen LogP contribution in [-0.4, -0.2) is 16.7 Å². The lowest BCUT2D eigenvalue weighted by Gasteiger charge is -2.10. The number of rotatable bonds is 4. The summed E-state index contributed by atoms with van der Waals surface area (Å²) in [6, 6.07) is 20.3. The van der Waals surface area contributed by atoms with Crippen molar-refractivity contribution in [3.05, 3.63) is 93.9 Å². The normalized spacial score (nSPS) is 11.3. The number of nitrogens with one attached hydrogen (secondary N) is 1. The fraction of sp³-hybridized carbons (Fsp3) is 0.0455. The highest BCUT2D eigenvalue weighted by molar-refractivity contribution is 6.42. The van der Waals surface area contributed by atoms with Gasteiger partial charge in [0, 0.05) is 28.6 Å². The highest BCUT2D eigenvalue weighted by Gasteiger charge is 2.11. The number of amides is 1. The lowest BCUT2D eigenvalue weighted by molar-refractivity contribution is -0.121. The second-order valence-corrected chi connectivity index (χ2v) is 6.66. The number of carbonyl (C=O) groups excluding carboxylic acids is 1. The van der Waals surface area contributed by atoms with E-state index in [1.165, 1.54) is 10.6 Å². The third kappa shape index (κ3) is 3.40. The fourth-order valence-corrected chi connectivity index (χ4v) is 3.53. The molecule has 0 saturated heterocycles. The molecule has 4 aromatic rings. The van der Waals surface area contributed by atoms with Crippen molar-refractivity contribution < 1.29 is 4.79 Å². The van der Waals surface area contributed by atoms with E-state index in [-0.39, 0.29) is 18.0 Å². The summed E-state index contributed by atoms with van der Waals surface area (Å²) in [5.41, 5.74) is 3.12. The summed E-state index contributed by atoms with van der Waals surface area (Å²) < 4.78 is 1.32. The molecule has 3 aromatic carbocycles. The Bertz CT molecular complexity index is 1220. The van der Waals surface area contributed by atoms with Gasteiger partial charge in [-0.2, -0.15) is 5.10 Å². The number of hydrogen-bond donors (Lipinski definition) is 1. The minimum Gasteiger partial charge on any atom is -0.306 e. The molecule has 4 rings (SSSR count). The predicted molar refractivity (Wildman–Crippen MR) is 113 cm³/mol. The van der Waals surface area contributed by atoms with E-state index in [2.05, 4.69) is 10.5 Å². The van der Waals surface area contributed by atoms with Crippen molar-refractivity contribution >= 4 is 45.3 Å². The number of nitrogens with zero attached hydrogens (tertiary/aromatic N) is 2. The molecule has 1 heterocycles. The Labute approximate surface area is 165 Å². The molecular formula is C22H16ClN3O2. The number of aromatic nitrogens is 1. The lowest BCUT2D eigenvalue weighted by Crippen LogP contribution is -2.29. The van der Waals surface area contributed by atoms with Crippen molar-refractivity contribution in [1.29, 1.82) is 0 Å². The van der Waals surface area contributed by atoms with Crippen LogP contribution in [0.5, 0.6) is 0 Å². The first kappa shape index (κ1) is 17.9. The molecule has 0 bridgehead atoms. The van der Waals surface area contributed by atoms with E-state index in [1.807, 2.05) is 48.5 Å². The molecule has 0 spiro atoms. The molecule has 138 valence electrons. The van der Waals surface area contributed by atoms with Crippen LogP contribution in [0.4, 0.5) is 0 Å². The highest BCUT2D eigenvalue weighted by atomic mass is 35.5. The molecule has 0 radical (unpaired) electrons. The van der Waals surface area contributed by atoms with Gasteiger partial charge in [0.2, 0.25) is 0 Å². The van der Waals surface area contributed by atoms with E-state index in [0.29, 0.717) is 5.02 Å². The third-order valence-corrected chi connectivity index (χ3v) is 4.91. The third-order valence-electron chi connectivity index (χ3n) is 4.50. The van der Waals surface area contributed by atoms with Gasteiger partial charge < -0.3 is 4.57 Å². The summed E-state index contributed by atoms with van der Waals surface area (Å²) in [7, 11) is 0. The number of benzene rings is 3. The molecule has 28 heavy (non-hydrogen) atoms. The zero-order valence-corrected chi connectivity index (χ0v) is 15.6. The second-order valence-electron chi connectivity index (χ2n) is 6.28. The average molecular weight is 390 g/mol. The maximum absolute atomic E-state index is 12.1. The molecule has 0 aliphatic rings. The van der Waals surface area contributed by atoms with Gasteiger partial charge in [-0.25, -0.2) is 5.43 Å². The van der Waals surface area contributed by atoms with Crippen LogP contribution in [0.25, 0.3) is 21.5 Å². The molecule has 1 N–H and O–H groups in total. The van der Waals surface area contributed by atoms with E-state index in [9.17, 15) is 9.59 Å². The number of hydrazone groups is 1. The Morgan fingerprint density at radius 2 is 1.50 bits per heavy atom. The van der Waals surface area contributed by atoms with Crippen molar-refractivity contribution in [1.82, 2.24) is 9.99 Å². The van der Waals surface area contributed by atoms with Gasteiger partial charge in [-0.1, -0.05) is 66.2 Å². The molecule has 0 unspecified atom stereocenters. The zero-order chi connectivity index (χ0) is 19.5. The molecule has 0 saturated carbocycles. The SMILES string of the molecule is O=C(Cn1ccccc1=O)N/N=C\c1c2ccccc2c(Cl)c2ccccc12. The Balaban J connectivity index is 1.67. The standard InChI is InChI=1S/C22H16ClN3O2/c23-22-17-9-3-1-7-15(17)19(16-8-2-4-10-18(16)22)13-24-25-20(27)14-26-12-6-5-11-21(26)28/h1-13H,14H2,(H,25,27)/b24-13-. The lowest BCUT2D eigenvalue weighted by atomic mass is 9.97.